The van der Waals surface area contributed by atoms with Crippen LogP contribution in [-0.4, -0.2) is 41.4 Å². The van der Waals surface area contributed by atoms with Gasteiger partial charge >= 0.3 is 6.09 Å². The molecule has 2 heterocycles. The van der Waals surface area contributed by atoms with Gasteiger partial charge in [0.2, 0.25) is 0 Å². The van der Waals surface area contributed by atoms with Crippen LogP contribution in [0, 0.1) is 0 Å². The zero-order chi connectivity index (χ0) is 25.3. The van der Waals surface area contributed by atoms with Crippen LogP contribution in [0.15, 0.2) is 42.5 Å². The molecule has 2 bridgehead atoms. The van der Waals surface area contributed by atoms with Gasteiger partial charge in [0.05, 0.1) is 30.9 Å². The second-order valence-electron chi connectivity index (χ2n) is 11.3. The number of hydrogen-bond acceptors (Lipinski definition) is 4. The van der Waals surface area contributed by atoms with Gasteiger partial charge < -0.3 is 14.6 Å². The van der Waals surface area contributed by atoms with Gasteiger partial charge in [0.15, 0.2) is 0 Å². The van der Waals surface area contributed by atoms with Gasteiger partial charge in [0, 0.05) is 12.8 Å². The van der Waals surface area contributed by atoms with Crippen molar-refractivity contribution in [1.82, 2.24) is 4.90 Å². The maximum absolute atomic E-state index is 13.2. The zero-order valence-electron chi connectivity index (χ0n) is 22.1. The summed E-state index contributed by atoms with van der Waals surface area (Å²) in [6.45, 7) is 14.3. The maximum atomic E-state index is 13.2. The summed E-state index contributed by atoms with van der Waals surface area (Å²) in [5, 5.41) is 12.3. The van der Waals surface area contributed by atoms with E-state index >= 15 is 0 Å². The maximum Gasteiger partial charge on any atom is 0.410 e. The Morgan fingerprint density at radius 2 is 1.51 bits per heavy atom. The van der Waals surface area contributed by atoms with E-state index in [4.69, 9.17) is 9.47 Å². The molecule has 1 N–H and O–H groups in total. The van der Waals surface area contributed by atoms with Crippen molar-refractivity contribution in [2.24, 2.45) is 0 Å². The van der Waals surface area contributed by atoms with E-state index in [-0.39, 0.29) is 36.6 Å². The van der Waals surface area contributed by atoms with Crippen LogP contribution in [0.25, 0.3) is 0 Å². The number of hydrogen-bond donors (Lipinski definition) is 1. The summed E-state index contributed by atoms with van der Waals surface area (Å²) in [6.07, 6.45) is 0.576. The normalized spacial score (nSPS) is 24.3. The first-order chi connectivity index (χ1) is 16.6. The molecule has 2 aliphatic rings. The molecule has 1 amide bonds. The molecule has 2 unspecified atom stereocenters. The number of ether oxygens (including phenoxy) is 2. The van der Waals surface area contributed by atoms with E-state index in [1.165, 1.54) is 16.7 Å². The number of rotatable bonds is 6. The minimum absolute atomic E-state index is 0.222. The Balaban J connectivity index is 1.65. The zero-order valence-corrected chi connectivity index (χ0v) is 22.1. The molecule has 2 aromatic carbocycles. The summed E-state index contributed by atoms with van der Waals surface area (Å²) in [7, 11) is 0. The first-order valence-corrected chi connectivity index (χ1v) is 13.1. The molecule has 2 fully saturated rings. The molecule has 2 atom stereocenters. The van der Waals surface area contributed by atoms with Crippen LogP contribution < -0.4 is 0 Å². The van der Waals surface area contributed by atoms with Crippen LogP contribution in [0.3, 0.4) is 0 Å². The van der Waals surface area contributed by atoms with Crippen molar-refractivity contribution in [2.75, 3.05) is 13.2 Å². The Bertz CT molecular complexity index is 987. The average Bonchev–Trinajstić information content (AvgIpc) is 2.81. The average molecular weight is 480 g/mol. The lowest BCUT2D eigenvalue weighted by atomic mass is 9.70. The van der Waals surface area contributed by atoms with Crippen LogP contribution >= 0.6 is 0 Å². The van der Waals surface area contributed by atoms with E-state index in [2.05, 4.69) is 53.7 Å². The van der Waals surface area contributed by atoms with E-state index in [1.54, 1.807) is 0 Å². The van der Waals surface area contributed by atoms with Gasteiger partial charge in [-0.1, -0.05) is 84.0 Å². The summed E-state index contributed by atoms with van der Waals surface area (Å²) in [4.78, 5) is 15.0. The highest BCUT2D eigenvalue weighted by atomic mass is 16.6. The molecule has 5 heteroatoms. The lowest BCUT2D eigenvalue weighted by Crippen LogP contribution is -2.62. The number of nitrogens with zero attached hydrogens (tertiary/aromatic N) is 1. The SMILES string of the molecule is CC(C)c1cc(C(C)C)c(C2(O)CC3COCC(C2)N3C(=O)OCc2ccccc2)c(C(C)C)c1. The van der Waals surface area contributed by atoms with Gasteiger partial charge in [-0.25, -0.2) is 4.79 Å². The Morgan fingerprint density at radius 3 is 2.00 bits per heavy atom. The van der Waals surface area contributed by atoms with Crippen molar-refractivity contribution in [2.45, 2.75) is 96.4 Å². The van der Waals surface area contributed by atoms with Crippen molar-refractivity contribution < 1.29 is 19.4 Å². The summed E-state index contributed by atoms with van der Waals surface area (Å²) in [6, 6.07) is 13.9. The van der Waals surface area contributed by atoms with E-state index in [0.29, 0.717) is 32.0 Å². The smallest absolute Gasteiger partial charge is 0.410 e. The minimum atomic E-state index is -1.01. The van der Waals surface area contributed by atoms with Gasteiger partial charge in [-0.05, 0) is 45.6 Å². The van der Waals surface area contributed by atoms with Gasteiger partial charge in [-0.3, -0.25) is 4.90 Å². The number of morpholine rings is 1. The predicted molar refractivity (Wildman–Crippen MR) is 139 cm³/mol. The third kappa shape index (κ3) is 5.26. The lowest BCUT2D eigenvalue weighted by Gasteiger charge is -2.52. The molecule has 0 spiro atoms. The molecular weight excluding hydrogens is 438 g/mol. The number of fused-ring (bicyclic) bond motifs is 2. The molecule has 0 radical (unpaired) electrons. The Kier molecular flexibility index (Phi) is 7.58. The van der Waals surface area contributed by atoms with Crippen LogP contribution in [0.1, 0.15) is 100.0 Å². The van der Waals surface area contributed by atoms with E-state index < -0.39 is 5.60 Å². The number of amides is 1. The van der Waals surface area contributed by atoms with Crippen molar-refractivity contribution >= 4 is 6.09 Å². The molecule has 0 aromatic heterocycles. The van der Waals surface area contributed by atoms with E-state index in [0.717, 1.165) is 11.1 Å². The summed E-state index contributed by atoms with van der Waals surface area (Å²) < 4.78 is 11.5. The van der Waals surface area contributed by atoms with Crippen molar-refractivity contribution in [3.8, 4) is 0 Å². The largest absolute Gasteiger partial charge is 0.445 e. The second-order valence-corrected chi connectivity index (χ2v) is 11.3. The van der Waals surface area contributed by atoms with Gasteiger partial charge in [0.1, 0.15) is 6.61 Å². The molecule has 2 aromatic rings. The lowest BCUT2D eigenvalue weighted by molar-refractivity contribution is -0.137. The monoisotopic (exact) mass is 479 g/mol. The fourth-order valence-electron chi connectivity index (χ4n) is 5.77. The number of carbonyl (C=O) groups is 1. The van der Waals surface area contributed by atoms with Crippen molar-refractivity contribution in [1.29, 1.82) is 0 Å². The van der Waals surface area contributed by atoms with Crippen LogP contribution in [0.2, 0.25) is 0 Å². The van der Waals surface area contributed by atoms with E-state index in [1.807, 2.05) is 35.2 Å². The first-order valence-electron chi connectivity index (χ1n) is 13.1. The summed E-state index contributed by atoms with van der Waals surface area (Å²) >= 11 is 0. The molecule has 2 aliphatic heterocycles. The molecule has 5 nitrogen and oxygen atoms in total. The quantitative estimate of drug-likeness (QED) is 0.518. The number of piperidine rings is 1. The second kappa shape index (κ2) is 10.3. The van der Waals surface area contributed by atoms with Crippen LogP contribution in [-0.2, 0) is 21.7 Å². The van der Waals surface area contributed by atoms with Crippen LogP contribution in [0.5, 0.6) is 0 Å². The Morgan fingerprint density at radius 1 is 0.971 bits per heavy atom. The first kappa shape index (κ1) is 25.7. The van der Waals surface area contributed by atoms with Crippen LogP contribution in [0.4, 0.5) is 4.79 Å². The minimum Gasteiger partial charge on any atom is -0.445 e. The van der Waals surface area contributed by atoms with Crippen molar-refractivity contribution in [3.63, 3.8) is 0 Å². The molecule has 35 heavy (non-hydrogen) atoms. The number of benzene rings is 2. The summed E-state index contributed by atoms with van der Waals surface area (Å²) in [5.74, 6) is 0.994. The fraction of sp³-hybridized carbons (Fsp3) is 0.567. The highest BCUT2D eigenvalue weighted by Gasteiger charge is 2.51. The molecule has 4 rings (SSSR count). The highest BCUT2D eigenvalue weighted by molar-refractivity contribution is 5.69. The third-order valence-corrected chi connectivity index (χ3v) is 7.57. The Labute approximate surface area is 210 Å². The van der Waals surface area contributed by atoms with E-state index in [9.17, 15) is 9.90 Å². The standard InChI is InChI=1S/C30H41NO4/c1-19(2)23-12-26(20(3)4)28(27(13-23)21(5)6)30(33)14-24-17-34-18-25(15-30)31(24)29(32)35-16-22-10-8-7-9-11-22/h7-13,19-21,24-25,33H,14-18H2,1-6H3. The molecule has 0 aliphatic carbocycles. The topological polar surface area (TPSA) is 59.0 Å². The third-order valence-electron chi connectivity index (χ3n) is 7.57. The molecule has 0 saturated carbocycles. The van der Waals surface area contributed by atoms with Crippen molar-refractivity contribution in [3.05, 3.63) is 70.3 Å². The molecular formula is C30H41NO4. The van der Waals surface area contributed by atoms with Gasteiger partial charge in [-0.2, -0.15) is 0 Å². The molecule has 190 valence electrons. The highest BCUT2D eigenvalue weighted by Crippen LogP contribution is 2.47. The number of carbonyl (C=O) groups excluding carboxylic acids is 1. The Hall–Kier alpha value is -2.37. The van der Waals surface area contributed by atoms with Gasteiger partial charge in [0.25, 0.3) is 0 Å². The number of aliphatic hydroxyl groups is 1. The van der Waals surface area contributed by atoms with Gasteiger partial charge in [-0.15, -0.1) is 0 Å². The predicted octanol–water partition coefficient (Wildman–Crippen LogP) is 6.44. The fourth-order valence-corrected chi connectivity index (χ4v) is 5.77. The molecule has 2 saturated heterocycles. The summed E-state index contributed by atoms with van der Waals surface area (Å²) in [5.41, 5.74) is 4.78.